The topological polar surface area (TPSA) is 141 Å². The molecule has 2 aliphatic heterocycles. The van der Waals surface area contributed by atoms with E-state index in [4.69, 9.17) is 24.7 Å². The van der Waals surface area contributed by atoms with Crippen LogP contribution in [0.2, 0.25) is 0 Å². The standard InChI is InChI=1S/C36H58N2O8/c1-20-18-22(29(32(5,6)42)44-21(2)39)45-27-26(20)33(7)12-13-35-19-34(35)11-10-25(46-30(41)38-14-16-43-17-15-38)31(3,4)23(34)8-9-24(35)36(33,37)28(27)40/h20,22-29,40,42H,8-19,37H2,1-7H3. The Morgan fingerprint density at radius 1 is 1.02 bits per heavy atom. The van der Waals surface area contributed by atoms with Gasteiger partial charge < -0.3 is 39.8 Å². The molecule has 4 N–H and O–H groups in total. The summed E-state index contributed by atoms with van der Waals surface area (Å²) in [5.41, 5.74) is 5.38. The van der Waals surface area contributed by atoms with Gasteiger partial charge in [0.25, 0.3) is 0 Å². The lowest BCUT2D eigenvalue weighted by Gasteiger charge is -2.63. The fraction of sp³-hybridized carbons (Fsp3) is 0.944. The first-order chi connectivity index (χ1) is 21.4. The van der Waals surface area contributed by atoms with Gasteiger partial charge in [-0.25, -0.2) is 4.79 Å². The number of esters is 1. The number of hydrogen-bond acceptors (Lipinski definition) is 9. The molecule has 7 rings (SSSR count). The van der Waals surface area contributed by atoms with E-state index in [1.165, 1.54) is 6.92 Å². The highest BCUT2D eigenvalue weighted by molar-refractivity contribution is 5.68. The molecule has 46 heavy (non-hydrogen) atoms. The maximum Gasteiger partial charge on any atom is 0.410 e. The van der Waals surface area contributed by atoms with Gasteiger partial charge in [0.05, 0.1) is 42.7 Å². The van der Waals surface area contributed by atoms with Crippen LogP contribution < -0.4 is 5.73 Å². The third-order valence-corrected chi connectivity index (χ3v) is 15.1. The highest BCUT2D eigenvalue weighted by Crippen LogP contribution is 2.87. The molecular weight excluding hydrogens is 588 g/mol. The molecule has 5 saturated carbocycles. The zero-order chi connectivity index (χ0) is 33.2. The molecule has 10 heteroatoms. The first-order valence-electron chi connectivity index (χ1n) is 18.0. The van der Waals surface area contributed by atoms with Gasteiger partial charge in [-0.3, -0.25) is 4.79 Å². The number of hydrogen-bond donors (Lipinski definition) is 3. The quantitative estimate of drug-likeness (QED) is 0.386. The fourth-order valence-electron chi connectivity index (χ4n) is 13.1. The van der Waals surface area contributed by atoms with Crippen molar-refractivity contribution in [3.63, 3.8) is 0 Å². The van der Waals surface area contributed by atoms with E-state index < -0.39 is 41.5 Å². The molecule has 0 bridgehead atoms. The van der Waals surface area contributed by atoms with Gasteiger partial charge in [-0.1, -0.05) is 27.7 Å². The van der Waals surface area contributed by atoms with E-state index in [-0.39, 0.29) is 51.6 Å². The Morgan fingerprint density at radius 3 is 2.33 bits per heavy atom. The van der Waals surface area contributed by atoms with Gasteiger partial charge >= 0.3 is 12.1 Å². The van der Waals surface area contributed by atoms with Crippen molar-refractivity contribution in [1.29, 1.82) is 0 Å². The van der Waals surface area contributed by atoms with Gasteiger partial charge in [0.1, 0.15) is 6.10 Å². The molecule has 10 nitrogen and oxygen atoms in total. The Bertz CT molecular complexity index is 1250. The van der Waals surface area contributed by atoms with Crippen LogP contribution in [0, 0.1) is 45.3 Å². The summed E-state index contributed by atoms with van der Waals surface area (Å²) in [4.78, 5) is 27.0. The molecule has 7 fully saturated rings. The number of aliphatic hydroxyl groups excluding tert-OH is 1. The summed E-state index contributed by atoms with van der Waals surface area (Å²) in [6, 6.07) is 0. The summed E-state index contributed by atoms with van der Waals surface area (Å²) >= 11 is 0. The molecule has 5 aliphatic carbocycles. The van der Waals surface area contributed by atoms with E-state index >= 15 is 0 Å². The molecule has 260 valence electrons. The molecular formula is C36H58N2O8. The van der Waals surface area contributed by atoms with E-state index in [2.05, 4.69) is 27.7 Å². The van der Waals surface area contributed by atoms with Crippen LogP contribution in [0.5, 0.6) is 0 Å². The second-order valence-corrected chi connectivity index (χ2v) is 17.9. The predicted molar refractivity (Wildman–Crippen MR) is 169 cm³/mol. The summed E-state index contributed by atoms with van der Waals surface area (Å²) in [6.07, 6.45) is 4.58. The molecule has 7 aliphatic rings. The van der Waals surface area contributed by atoms with Crippen molar-refractivity contribution in [2.45, 2.75) is 141 Å². The van der Waals surface area contributed by atoms with Crippen molar-refractivity contribution in [1.82, 2.24) is 4.90 Å². The van der Waals surface area contributed by atoms with E-state index in [0.29, 0.717) is 38.6 Å². The van der Waals surface area contributed by atoms with Gasteiger partial charge in [0, 0.05) is 25.4 Å². The molecule has 13 unspecified atom stereocenters. The number of ether oxygens (including phenoxy) is 4. The van der Waals surface area contributed by atoms with Crippen LogP contribution in [0.25, 0.3) is 0 Å². The van der Waals surface area contributed by atoms with Crippen LogP contribution in [0.3, 0.4) is 0 Å². The maximum absolute atomic E-state index is 13.1. The third kappa shape index (κ3) is 4.31. The zero-order valence-electron chi connectivity index (χ0n) is 29.0. The maximum atomic E-state index is 13.1. The first kappa shape index (κ1) is 33.1. The number of rotatable bonds is 4. The minimum atomic E-state index is -1.30. The molecule has 0 aromatic carbocycles. The minimum absolute atomic E-state index is 0.0695. The lowest BCUT2D eigenvalue weighted by molar-refractivity contribution is -0.216. The number of morpholine rings is 1. The minimum Gasteiger partial charge on any atom is -0.457 e. The van der Waals surface area contributed by atoms with Gasteiger partial charge in [0.15, 0.2) is 6.10 Å². The number of nitrogens with two attached hydrogens (primary N) is 1. The second-order valence-electron chi connectivity index (χ2n) is 17.9. The van der Waals surface area contributed by atoms with Crippen molar-refractivity contribution < 1.29 is 38.7 Å². The number of carbonyl (C=O) groups excluding carboxylic acids is 2. The monoisotopic (exact) mass is 646 g/mol. The van der Waals surface area contributed by atoms with E-state index in [1.54, 1.807) is 18.7 Å². The Kier molecular flexibility index (Phi) is 7.56. The molecule has 0 radical (unpaired) electrons. The van der Waals surface area contributed by atoms with E-state index in [0.717, 1.165) is 44.9 Å². The summed E-state index contributed by atoms with van der Waals surface area (Å²) < 4.78 is 24.1. The zero-order valence-corrected chi connectivity index (χ0v) is 29.0. The average molecular weight is 647 g/mol. The molecule has 1 amide bonds. The molecule has 0 aromatic rings. The number of carbonyl (C=O) groups is 2. The van der Waals surface area contributed by atoms with Crippen molar-refractivity contribution >= 4 is 12.1 Å². The van der Waals surface area contributed by atoms with Gasteiger partial charge in [-0.15, -0.1) is 0 Å². The van der Waals surface area contributed by atoms with Crippen molar-refractivity contribution in [3.05, 3.63) is 0 Å². The third-order valence-electron chi connectivity index (χ3n) is 15.1. The van der Waals surface area contributed by atoms with Crippen LogP contribution in [0.15, 0.2) is 0 Å². The first-order valence-corrected chi connectivity index (χ1v) is 18.0. The lowest BCUT2D eigenvalue weighted by Crippen LogP contribution is -2.70. The highest BCUT2D eigenvalue weighted by Gasteiger charge is 2.85. The van der Waals surface area contributed by atoms with Gasteiger partial charge in [-0.2, -0.15) is 0 Å². The Labute approximate surface area is 274 Å². The van der Waals surface area contributed by atoms with Crippen molar-refractivity contribution in [3.8, 4) is 0 Å². The number of amides is 1. The smallest absolute Gasteiger partial charge is 0.410 e. The van der Waals surface area contributed by atoms with Gasteiger partial charge in [0.2, 0.25) is 0 Å². The summed E-state index contributed by atoms with van der Waals surface area (Å²) in [7, 11) is 0. The summed E-state index contributed by atoms with van der Waals surface area (Å²) in [5.74, 6) is 0.381. The number of fused-ring (bicyclic) bond motifs is 4. The van der Waals surface area contributed by atoms with Crippen LogP contribution >= 0.6 is 0 Å². The van der Waals surface area contributed by atoms with Crippen molar-refractivity contribution in [2.24, 2.45) is 51.1 Å². The molecule has 2 spiro atoms. The Morgan fingerprint density at radius 2 is 1.67 bits per heavy atom. The average Bonchev–Trinajstić information content (AvgIpc) is 3.61. The fourth-order valence-corrected chi connectivity index (χ4v) is 13.1. The Hall–Kier alpha value is -1.46. The molecule has 2 heterocycles. The SMILES string of the molecule is CC(=O)OC(C1CC(C)C2C(O1)C(O)C1(N)C3CCC4C(C)(C)C(OC(=O)N5CCOCC5)CCC45CC35CCC21C)C(C)(C)O. The van der Waals surface area contributed by atoms with Crippen molar-refractivity contribution in [2.75, 3.05) is 26.3 Å². The number of aliphatic hydroxyl groups is 2. The lowest BCUT2D eigenvalue weighted by atomic mass is 9.43. The van der Waals surface area contributed by atoms with Crippen LogP contribution in [0.4, 0.5) is 4.79 Å². The largest absolute Gasteiger partial charge is 0.457 e. The van der Waals surface area contributed by atoms with E-state index in [1.807, 2.05) is 0 Å². The van der Waals surface area contributed by atoms with Crippen LogP contribution in [-0.4, -0.2) is 95.1 Å². The molecule has 2 saturated heterocycles. The molecule has 13 atom stereocenters. The van der Waals surface area contributed by atoms with Gasteiger partial charge in [-0.05, 0) is 105 Å². The summed E-state index contributed by atoms with van der Waals surface area (Å²) in [6.45, 7) is 16.1. The summed E-state index contributed by atoms with van der Waals surface area (Å²) in [5, 5.41) is 23.4. The normalized spacial score (nSPS) is 49.7. The predicted octanol–water partition coefficient (Wildman–Crippen LogP) is 4.03. The Balaban J connectivity index is 1.14. The van der Waals surface area contributed by atoms with Crippen LogP contribution in [-0.2, 0) is 23.7 Å². The van der Waals surface area contributed by atoms with Crippen LogP contribution in [0.1, 0.15) is 99.8 Å². The highest BCUT2D eigenvalue weighted by atomic mass is 16.6. The number of nitrogens with zero attached hydrogens (tertiary/aromatic N) is 1. The second kappa shape index (κ2) is 10.5. The molecule has 0 aromatic heterocycles. The van der Waals surface area contributed by atoms with E-state index in [9.17, 15) is 19.8 Å².